The second-order valence-corrected chi connectivity index (χ2v) is 5.42. The van der Waals surface area contributed by atoms with E-state index in [9.17, 15) is 5.11 Å². The van der Waals surface area contributed by atoms with Gasteiger partial charge in [0.1, 0.15) is 5.75 Å². The average Bonchev–Trinajstić information content (AvgIpc) is 3.33. The van der Waals surface area contributed by atoms with Crippen molar-refractivity contribution in [3.63, 3.8) is 0 Å². The van der Waals surface area contributed by atoms with E-state index >= 15 is 0 Å². The van der Waals surface area contributed by atoms with E-state index in [1.807, 2.05) is 42.5 Å². The van der Waals surface area contributed by atoms with Gasteiger partial charge in [-0.05, 0) is 48.6 Å². The van der Waals surface area contributed by atoms with E-state index in [0.717, 1.165) is 29.8 Å². The first-order chi connectivity index (χ1) is 9.72. The second-order valence-electron chi connectivity index (χ2n) is 5.42. The predicted molar refractivity (Wildman–Crippen MR) is 77.6 cm³/mol. The fourth-order valence-corrected chi connectivity index (χ4v) is 2.70. The Hall–Kier alpha value is -1.87. The Kier molecular flexibility index (Phi) is 3.45. The minimum Gasteiger partial charge on any atom is -0.497 e. The summed E-state index contributed by atoms with van der Waals surface area (Å²) in [7, 11) is 1.65. The van der Waals surface area contributed by atoms with Crippen LogP contribution in [0.2, 0.25) is 0 Å². The van der Waals surface area contributed by atoms with Gasteiger partial charge >= 0.3 is 0 Å². The largest absolute Gasteiger partial charge is 0.497 e. The lowest BCUT2D eigenvalue weighted by atomic mass is 9.84. The Balaban J connectivity index is 1.90. The number of hydrogen-bond acceptors (Lipinski definition) is 3. The van der Waals surface area contributed by atoms with Crippen molar-refractivity contribution >= 4 is 0 Å². The van der Waals surface area contributed by atoms with Gasteiger partial charge in [-0.2, -0.15) is 0 Å². The Morgan fingerprint density at radius 2 is 1.95 bits per heavy atom. The number of aliphatic hydroxyl groups is 1. The molecule has 1 aliphatic rings. The van der Waals surface area contributed by atoms with Crippen molar-refractivity contribution in [2.75, 3.05) is 7.11 Å². The Morgan fingerprint density at radius 3 is 2.50 bits per heavy atom. The zero-order valence-corrected chi connectivity index (χ0v) is 11.6. The van der Waals surface area contributed by atoms with Gasteiger partial charge < -0.3 is 9.84 Å². The van der Waals surface area contributed by atoms with E-state index in [2.05, 4.69) is 4.98 Å². The molecule has 1 heterocycles. The molecule has 2 aromatic rings. The molecule has 104 valence electrons. The molecular formula is C17H19NO2. The van der Waals surface area contributed by atoms with Gasteiger partial charge in [0.15, 0.2) is 0 Å². The SMILES string of the molecule is COc1ccc(C(O)(Cc2ccccn2)C2CC2)cc1. The van der Waals surface area contributed by atoms with Crippen LogP contribution in [-0.2, 0) is 12.0 Å². The number of ether oxygens (including phenoxy) is 1. The van der Waals surface area contributed by atoms with Crippen LogP contribution in [0.25, 0.3) is 0 Å². The summed E-state index contributed by atoms with van der Waals surface area (Å²) in [5.74, 6) is 1.14. The van der Waals surface area contributed by atoms with Crippen LogP contribution in [0.4, 0.5) is 0 Å². The number of methoxy groups -OCH3 is 1. The molecule has 1 N–H and O–H groups in total. The highest BCUT2D eigenvalue weighted by atomic mass is 16.5. The molecule has 1 aromatic heterocycles. The summed E-state index contributed by atoms with van der Waals surface area (Å²) in [4.78, 5) is 4.35. The van der Waals surface area contributed by atoms with Gasteiger partial charge in [0.05, 0.1) is 12.7 Å². The molecule has 0 bridgehead atoms. The summed E-state index contributed by atoms with van der Waals surface area (Å²) in [6, 6.07) is 13.6. The smallest absolute Gasteiger partial charge is 0.118 e. The lowest BCUT2D eigenvalue weighted by Gasteiger charge is -2.28. The molecule has 0 saturated heterocycles. The number of pyridine rings is 1. The van der Waals surface area contributed by atoms with Crippen molar-refractivity contribution in [3.05, 3.63) is 59.9 Å². The lowest BCUT2D eigenvalue weighted by Crippen LogP contribution is -2.31. The van der Waals surface area contributed by atoms with Crippen molar-refractivity contribution < 1.29 is 9.84 Å². The van der Waals surface area contributed by atoms with E-state index in [1.54, 1.807) is 13.3 Å². The van der Waals surface area contributed by atoms with Gasteiger partial charge in [-0.1, -0.05) is 18.2 Å². The van der Waals surface area contributed by atoms with E-state index in [1.165, 1.54) is 0 Å². The van der Waals surface area contributed by atoms with Crippen molar-refractivity contribution in [2.24, 2.45) is 5.92 Å². The zero-order chi connectivity index (χ0) is 14.0. The quantitative estimate of drug-likeness (QED) is 0.907. The minimum absolute atomic E-state index is 0.331. The topological polar surface area (TPSA) is 42.4 Å². The van der Waals surface area contributed by atoms with E-state index in [4.69, 9.17) is 4.74 Å². The van der Waals surface area contributed by atoms with Crippen LogP contribution in [0.1, 0.15) is 24.1 Å². The lowest BCUT2D eigenvalue weighted by molar-refractivity contribution is 0.0122. The van der Waals surface area contributed by atoms with Crippen molar-refractivity contribution in [1.29, 1.82) is 0 Å². The summed E-state index contributed by atoms with van der Waals surface area (Å²) in [5, 5.41) is 11.2. The second kappa shape index (κ2) is 5.25. The van der Waals surface area contributed by atoms with E-state index < -0.39 is 5.60 Å². The van der Waals surface area contributed by atoms with Gasteiger partial charge in [0, 0.05) is 18.3 Å². The normalized spacial score (nSPS) is 17.5. The number of hydrogen-bond donors (Lipinski definition) is 1. The number of aromatic nitrogens is 1. The van der Waals surface area contributed by atoms with Crippen molar-refractivity contribution in [3.8, 4) is 5.75 Å². The molecule has 3 heteroatoms. The minimum atomic E-state index is -0.819. The predicted octanol–water partition coefficient (Wildman–Crippen LogP) is 2.93. The highest BCUT2D eigenvalue weighted by molar-refractivity contribution is 5.33. The van der Waals surface area contributed by atoms with Crippen LogP contribution in [-0.4, -0.2) is 17.2 Å². The summed E-state index contributed by atoms with van der Waals surface area (Å²) >= 11 is 0. The van der Waals surface area contributed by atoms with Crippen LogP contribution in [0.15, 0.2) is 48.7 Å². The molecule has 3 rings (SSSR count). The molecule has 1 aliphatic carbocycles. The summed E-state index contributed by atoms with van der Waals surface area (Å²) < 4.78 is 5.18. The summed E-state index contributed by atoms with van der Waals surface area (Å²) in [6.45, 7) is 0. The van der Waals surface area contributed by atoms with E-state index in [0.29, 0.717) is 12.3 Å². The van der Waals surface area contributed by atoms with Crippen LogP contribution in [0.5, 0.6) is 5.75 Å². The van der Waals surface area contributed by atoms with E-state index in [-0.39, 0.29) is 0 Å². The van der Waals surface area contributed by atoms with Gasteiger partial charge in [-0.15, -0.1) is 0 Å². The third-order valence-electron chi connectivity index (χ3n) is 4.02. The van der Waals surface area contributed by atoms with Crippen LogP contribution < -0.4 is 4.74 Å². The maximum atomic E-state index is 11.2. The molecule has 3 nitrogen and oxygen atoms in total. The Bertz CT molecular complexity index is 563. The molecule has 0 amide bonds. The van der Waals surface area contributed by atoms with Gasteiger partial charge in [0.2, 0.25) is 0 Å². The molecule has 1 aromatic carbocycles. The molecular weight excluding hydrogens is 250 g/mol. The highest BCUT2D eigenvalue weighted by Gasteiger charge is 2.45. The van der Waals surface area contributed by atoms with Crippen LogP contribution >= 0.6 is 0 Å². The molecule has 20 heavy (non-hydrogen) atoms. The molecule has 1 unspecified atom stereocenters. The molecule has 1 fully saturated rings. The van der Waals surface area contributed by atoms with Crippen molar-refractivity contribution in [2.45, 2.75) is 24.9 Å². The summed E-state index contributed by atoms with van der Waals surface area (Å²) in [5.41, 5.74) is 1.06. The number of rotatable bonds is 5. The first kappa shape index (κ1) is 13.1. The fourth-order valence-electron chi connectivity index (χ4n) is 2.70. The van der Waals surface area contributed by atoms with Crippen LogP contribution in [0, 0.1) is 5.92 Å². The summed E-state index contributed by atoms with van der Waals surface area (Å²) in [6.07, 6.45) is 4.49. The molecule has 1 saturated carbocycles. The molecule has 1 atom stereocenters. The van der Waals surface area contributed by atoms with Crippen LogP contribution in [0.3, 0.4) is 0 Å². The van der Waals surface area contributed by atoms with Gasteiger partial charge in [0.25, 0.3) is 0 Å². The van der Waals surface area contributed by atoms with Gasteiger partial charge in [-0.3, -0.25) is 4.98 Å². The standard InChI is InChI=1S/C17H19NO2/c1-20-16-9-7-14(8-10-16)17(19,13-5-6-13)12-15-4-2-3-11-18-15/h2-4,7-11,13,19H,5-6,12H2,1H3. The average molecular weight is 269 g/mol. The Labute approximate surface area is 119 Å². The van der Waals surface area contributed by atoms with Crippen molar-refractivity contribution in [1.82, 2.24) is 4.98 Å². The number of benzene rings is 1. The monoisotopic (exact) mass is 269 g/mol. The maximum Gasteiger partial charge on any atom is 0.118 e. The first-order valence-corrected chi connectivity index (χ1v) is 6.99. The maximum absolute atomic E-state index is 11.2. The fraction of sp³-hybridized carbons (Fsp3) is 0.353. The van der Waals surface area contributed by atoms with Gasteiger partial charge in [-0.25, -0.2) is 0 Å². The molecule has 0 spiro atoms. The number of nitrogens with zero attached hydrogens (tertiary/aromatic N) is 1. The third-order valence-corrected chi connectivity index (χ3v) is 4.02. The molecule has 0 aliphatic heterocycles. The Morgan fingerprint density at radius 1 is 1.20 bits per heavy atom. The zero-order valence-electron chi connectivity index (χ0n) is 11.6. The highest BCUT2D eigenvalue weighted by Crippen LogP contribution is 2.47. The molecule has 0 radical (unpaired) electrons. The first-order valence-electron chi connectivity index (χ1n) is 6.99. The third kappa shape index (κ3) is 2.54.